The van der Waals surface area contributed by atoms with Gasteiger partial charge in [-0.3, -0.25) is 4.79 Å². The monoisotopic (exact) mass is 198 g/mol. The van der Waals surface area contributed by atoms with Gasteiger partial charge in [-0.25, -0.2) is 0 Å². The van der Waals surface area contributed by atoms with Crippen molar-refractivity contribution >= 4 is 5.91 Å². The topological polar surface area (TPSA) is 46.3 Å². The van der Waals surface area contributed by atoms with Gasteiger partial charge in [0.2, 0.25) is 5.91 Å². The Kier molecular flexibility index (Phi) is 3.53. The number of hydrogen-bond acceptors (Lipinski definition) is 2. The van der Waals surface area contributed by atoms with Crippen LogP contribution in [0, 0.1) is 17.8 Å². The molecule has 3 heteroatoms. The summed E-state index contributed by atoms with van der Waals surface area (Å²) in [6.07, 6.45) is 0. The summed E-state index contributed by atoms with van der Waals surface area (Å²) in [7, 11) is 0. The number of rotatable bonds is 2. The molecule has 0 aliphatic carbocycles. The van der Waals surface area contributed by atoms with E-state index in [0.717, 1.165) is 13.1 Å². The molecule has 1 rings (SSSR count). The molecular formula is C11H22N2O. The van der Waals surface area contributed by atoms with E-state index in [1.807, 2.05) is 11.8 Å². The number of amides is 1. The fourth-order valence-electron chi connectivity index (χ4n) is 1.75. The average molecular weight is 198 g/mol. The maximum atomic E-state index is 11.9. The number of carbonyl (C=O) groups excluding carboxylic acids is 1. The maximum absolute atomic E-state index is 11.9. The fraction of sp³-hybridized carbons (Fsp3) is 0.909. The van der Waals surface area contributed by atoms with E-state index in [1.54, 1.807) is 0 Å². The van der Waals surface area contributed by atoms with E-state index in [-0.39, 0.29) is 17.9 Å². The molecule has 1 saturated heterocycles. The predicted octanol–water partition coefficient (Wildman–Crippen LogP) is 1.08. The molecule has 3 unspecified atom stereocenters. The molecular weight excluding hydrogens is 176 g/mol. The van der Waals surface area contributed by atoms with Crippen LogP contribution in [-0.2, 0) is 4.79 Å². The van der Waals surface area contributed by atoms with E-state index in [4.69, 9.17) is 5.73 Å². The van der Waals surface area contributed by atoms with Gasteiger partial charge >= 0.3 is 0 Å². The number of nitrogens with zero attached hydrogens (tertiary/aromatic N) is 1. The molecule has 1 amide bonds. The minimum atomic E-state index is 0.118. The van der Waals surface area contributed by atoms with Gasteiger partial charge in [-0.05, 0) is 11.8 Å². The lowest BCUT2D eigenvalue weighted by molar-refractivity contribution is -0.135. The molecule has 1 aliphatic rings. The Labute approximate surface area is 86.6 Å². The Hall–Kier alpha value is -0.570. The lowest BCUT2D eigenvalue weighted by atomic mass is 9.97. The van der Waals surface area contributed by atoms with Crippen LogP contribution in [0.5, 0.6) is 0 Å². The Morgan fingerprint density at radius 2 is 1.93 bits per heavy atom. The largest absolute Gasteiger partial charge is 0.341 e. The molecule has 3 nitrogen and oxygen atoms in total. The first-order valence-electron chi connectivity index (χ1n) is 5.47. The summed E-state index contributed by atoms with van der Waals surface area (Å²) in [6, 6.07) is 0.165. The van der Waals surface area contributed by atoms with Crippen molar-refractivity contribution in [2.45, 2.75) is 33.7 Å². The van der Waals surface area contributed by atoms with Gasteiger partial charge in [-0.2, -0.15) is 0 Å². The van der Waals surface area contributed by atoms with Crippen LogP contribution in [0.3, 0.4) is 0 Å². The Bertz CT molecular complexity index is 205. The smallest absolute Gasteiger partial charge is 0.225 e. The maximum Gasteiger partial charge on any atom is 0.225 e. The summed E-state index contributed by atoms with van der Waals surface area (Å²) in [5, 5.41) is 0. The van der Waals surface area contributed by atoms with Crippen molar-refractivity contribution < 1.29 is 4.79 Å². The van der Waals surface area contributed by atoms with Gasteiger partial charge < -0.3 is 10.6 Å². The third kappa shape index (κ3) is 2.27. The van der Waals surface area contributed by atoms with Crippen LogP contribution in [0.15, 0.2) is 0 Å². The summed E-state index contributed by atoms with van der Waals surface area (Å²) >= 11 is 0. The average Bonchev–Trinajstić information content (AvgIpc) is 2.44. The van der Waals surface area contributed by atoms with Crippen LogP contribution in [0.25, 0.3) is 0 Å². The molecule has 0 bridgehead atoms. The number of carbonyl (C=O) groups is 1. The minimum absolute atomic E-state index is 0.118. The van der Waals surface area contributed by atoms with Gasteiger partial charge in [0.05, 0.1) is 0 Å². The molecule has 1 fully saturated rings. The molecule has 0 aromatic rings. The van der Waals surface area contributed by atoms with E-state index >= 15 is 0 Å². The SMILES string of the molecule is CC(C)C(C)C(=O)N1CC(C)C(N)C1. The van der Waals surface area contributed by atoms with E-state index in [2.05, 4.69) is 20.8 Å². The van der Waals surface area contributed by atoms with Crippen LogP contribution >= 0.6 is 0 Å². The van der Waals surface area contributed by atoms with Crippen molar-refractivity contribution in [3.05, 3.63) is 0 Å². The Morgan fingerprint density at radius 1 is 1.36 bits per heavy atom. The van der Waals surface area contributed by atoms with Gasteiger partial charge in [-0.15, -0.1) is 0 Å². The van der Waals surface area contributed by atoms with E-state index in [0.29, 0.717) is 11.8 Å². The summed E-state index contributed by atoms with van der Waals surface area (Å²) in [6.45, 7) is 9.84. The summed E-state index contributed by atoms with van der Waals surface area (Å²) in [4.78, 5) is 13.9. The molecule has 0 aromatic heterocycles. The van der Waals surface area contributed by atoms with E-state index < -0.39 is 0 Å². The summed E-state index contributed by atoms with van der Waals surface area (Å²) in [5.41, 5.74) is 5.89. The van der Waals surface area contributed by atoms with Gasteiger partial charge in [0.15, 0.2) is 0 Å². The fourth-order valence-corrected chi connectivity index (χ4v) is 1.75. The van der Waals surface area contributed by atoms with Gasteiger partial charge in [0.25, 0.3) is 0 Å². The van der Waals surface area contributed by atoms with Crippen LogP contribution in [-0.4, -0.2) is 29.9 Å². The van der Waals surface area contributed by atoms with Gasteiger partial charge in [0, 0.05) is 25.0 Å². The van der Waals surface area contributed by atoms with Crippen molar-refractivity contribution in [1.29, 1.82) is 0 Å². The standard InChI is InChI=1S/C11H22N2O/c1-7(2)9(4)11(14)13-5-8(3)10(12)6-13/h7-10H,5-6,12H2,1-4H3. The molecule has 0 spiro atoms. The molecule has 1 heterocycles. The first kappa shape index (κ1) is 11.5. The van der Waals surface area contributed by atoms with E-state index in [1.165, 1.54) is 0 Å². The normalized spacial score (nSPS) is 29.7. The zero-order valence-corrected chi connectivity index (χ0v) is 9.66. The zero-order chi connectivity index (χ0) is 10.9. The highest BCUT2D eigenvalue weighted by molar-refractivity contribution is 5.79. The second-order valence-corrected chi connectivity index (χ2v) is 4.92. The predicted molar refractivity (Wildman–Crippen MR) is 57.7 cm³/mol. The zero-order valence-electron chi connectivity index (χ0n) is 9.66. The minimum Gasteiger partial charge on any atom is -0.341 e. The molecule has 1 aliphatic heterocycles. The first-order chi connectivity index (χ1) is 6.43. The van der Waals surface area contributed by atoms with Crippen molar-refractivity contribution in [2.75, 3.05) is 13.1 Å². The highest BCUT2D eigenvalue weighted by Gasteiger charge is 2.32. The second kappa shape index (κ2) is 4.30. The van der Waals surface area contributed by atoms with Crippen molar-refractivity contribution in [1.82, 2.24) is 4.90 Å². The molecule has 14 heavy (non-hydrogen) atoms. The number of nitrogens with two attached hydrogens (primary N) is 1. The van der Waals surface area contributed by atoms with Crippen LogP contribution in [0.1, 0.15) is 27.7 Å². The highest BCUT2D eigenvalue weighted by atomic mass is 16.2. The van der Waals surface area contributed by atoms with Crippen molar-refractivity contribution in [3.63, 3.8) is 0 Å². The Morgan fingerprint density at radius 3 is 2.29 bits per heavy atom. The van der Waals surface area contributed by atoms with Crippen molar-refractivity contribution in [3.8, 4) is 0 Å². The van der Waals surface area contributed by atoms with Crippen LogP contribution < -0.4 is 5.73 Å². The molecule has 0 saturated carbocycles. The summed E-state index contributed by atoms with van der Waals surface area (Å²) in [5.74, 6) is 1.24. The molecule has 0 radical (unpaired) electrons. The molecule has 2 N–H and O–H groups in total. The highest BCUT2D eigenvalue weighted by Crippen LogP contribution is 2.20. The van der Waals surface area contributed by atoms with E-state index in [9.17, 15) is 4.79 Å². The molecule has 3 atom stereocenters. The van der Waals surface area contributed by atoms with Crippen LogP contribution in [0.4, 0.5) is 0 Å². The number of hydrogen-bond donors (Lipinski definition) is 1. The van der Waals surface area contributed by atoms with Crippen molar-refractivity contribution in [2.24, 2.45) is 23.5 Å². The number of likely N-dealkylation sites (tertiary alicyclic amines) is 1. The van der Waals surface area contributed by atoms with Gasteiger partial charge in [-0.1, -0.05) is 27.7 Å². The Balaban J connectivity index is 2.55. The molecule has 82 valence electrons. The lowest BCUT2D eigenvalue weighted by Gasteiger charge is -2.22. The second-order valence-electron chi connectivity index (χ2n) is 4.92. The third-order valence-corrected chi connectivity index (χ3v) is 3.37. The first-order valence-corrected chi connectivity index (χ1v) is 5.47. The lowest BCUT2D eigenvalue weighted by Crippen LogP contribution is -2.37. The summed E-state index contributed by atoms with van der Waals surface area (Å²) < 4.78 is 0. The quantitative estimate of drug-likeness (QED) is 0.722. The molecule has 0 aromatic carbocycles. The third-order valence-electron chi connectivity index (χ3n) is 3.37. The van der Waals surface area contributed by atoms with Gasteiger partial charge in [0.1, 0.15) is 0 Å². The van der Waals surface area contributed by atoms with Crippen LogP contribution in [0.2, 0.25) is 0 Å².